The lowest BCUT2D eigenvalue weighted by Crippen LogP contribution is -2.48. The zero-order chi connectivity index (χ0) is 13.1. The molecule has 1 atom stereocenters. The maximum Gasteiger partial charge on any atom is 0.254 e. The van der Waals surface area contributed by atoms with Gasteiger partial charge in [-0.3, -0.25) is 4.79 Å². The van der Waals surface area contributed by atoms with Crippen LogP contribution in [0.1, 0.15) is 15.9 Å². The summed E-state index contributed by atoms with van der Waals surface area (Å²) < 4.78 is 6.47. The van der Waals surface area contributed by atoms with Gasteiger partial charge in [-0.15, -0.1) is 12.4 Å². The first-order valence-electron chi connectivity index (χ1n) is 5.99. The van der Waals surface area contributed by atoms with Crippen LogP contribution in [0.2, 0.25) is 0 Å². The number of carbonyl (C=O) groups excluding carboxylic acids is 1. The van der Waals surface area contributed by atoms with Crippen LogP contribution in [0, 0.1) is 6.92 Å². The van der Waals surface area contributed by atoms with E-state index in [1.165, 1.54) is 0 Å². The zero-order valence-corrected chi connectivity index (χ0v) is 13.2. The first kappa shape index (κ1) is 16.4. The van der Waals surface area contributed by atoms with Gasteiger partial charge >= 0.3 is 0 Å². The van der Waals surface area contributed by atoms with Gasteiger partial charge in [0.2, 0.25) is 0 Å². The number of nitrogens with zero attached hydrogens (tertiary/aromatic N) is 1. The van der Waals surface area contributed by atoms with Crippen LogP contribution in [0.3, 0.4) is 0 Å². The summed E-state index contributed by atoms with van der Waals surface area (Å²) in [6, 6.07) is 5.65. The van der Waals surface area contributed by atoms with Crippen LogP contribution < -0.4 is 5.73 Å². The van der Waals surface area contributed by atoms with Crippen LogP contribution in [0.5, 0.6) is 0 Å². The van der Waals surface area contributed by atoms with Crippen molar-refractivity contribution < 1.29 is 9.53 Å². The van der Waals surface area contributed by atoms with Gasteiger partial charge in [0.05, 0.1) is 12.7 Å². The highest BCUT2D eigenvalue weighted by Gasteiger charge is 2.24. The normalized spacial score (nSPS) is 18.9. The largest absolute Gasteiger partial charge is 0.373 e. The number of amides is 1. The Morgan fingerprint density at radius 3 is 2.95 bits per heavy atom. The van der Waals surface area contributed by atoms with Gasteiger partial charge in [0.15, 0.2) is 0 Å². The van der Waals surface area contributed by atoms with Crippen molar-refractivity contribution in [2.45, 2.75) is 13.0 Å². The molecule has 0 radical (unpaired) electrons. The van der Waals surface area contributed by atoms with Crippen LogP contribution in [-0.4, -0.2) is 43.2 Å². The van der Waals surface area contributed by atoms with Crippen molar-refractivity contribution in [3.05, 3.63) is 33.8 Å². The van der Waals surface area contributed by atoms with E-state index in [9.17, 15) is 4.79 Å². The Morgan fingerprint density at radius 2 is 2.32 bits per heavy atom. The number of halogens is 2. The van der Waals surface area contributed by atoms with Crippen molar-refractivity contribution in [2.24, 2.45) is 5.73 Å². The fourth-order valence-electron chi connectivity index (χ4n) is 2.01. The highest BCUT2D eigenvalue weighted by Crippen LogP contribution is 2.19. The van der Waals surface area contributed by atoms with E-state index in [0.717, 1.165) is 10.0 Å². The fourth-order valence-corrected chi connectivity index (χ4v) is 2.25. The Kier molecular flexibility index (Phi) is 6.26. The minimum Gasteiger partial charge on any atom is -0.373 e. The first-order valence-corrected chi connectivity index (χ1v) is 6.78. The van der Waals surface area contributed by atoms with Gasteiger partial charge in [-0.1, -0.05) is 15.9 Å². The number of hydrogen-bond acceptors (Lipinski definition) is 3. The van der Waals surface area contributed by atoms with Crippen LogP contribution >= 0.6 is 28.3 Å². The van der Waals surface area contributed by atoms with Crippen molar-refractivity contribution in [3.63, 3.8) is 0 Å². The topological polar surface area (TPSA) is 55.6 Å². The SMILES string of the molecule is Cc1cc(C(=O)N2CCOC(CN)C2)ccc1Br.Cl. The van der Waals surface area contributed by atoms with Crippen molar-refractivity contribution in [1.82, 2.24) is 4.90 Å². The number of rotatable bonds is 2. The highest BCUT2D eigenvalue weighted by molar-refractivity contribution is 9.10. The molecule has 1 aromatic carbocycles. The van der Waals surface area contributed by atoms with Crippen LogP contribution in [0.15, 0.2) is 22.7 Å². The minimum atomic E-state index is -0.0424. The van der Waals surface area contributed by atoms with Gasteiger partial charge in [0, 0.05) is 29.7 Å². The number of aryl methyl sites for hydroxylation is 1. The van der Waals surface area contributed by atoms with Gasteiger partial charge in [-0.25, -0.2) is 0 Å². The molecule has 1 fully saturated rings. The molecule has 0 aliphatic carbocycles. The average Bonchev–Trinajstić information content (AvgIpc) is 2.41. The molecule has 1 unspecified atom stereocenters. The van der Waals surface area contributed by atoms with Crippen LogP contribution in [0.4, 0.5) is 0 Å². The van der Waals surface area contributed by atoms with Gasteiger partial charge in [0.1, 0.15) is 0 Å². The molecule has 0 aromatic heterocycles. The minimum absolute atomic E-state index is 0. The molecule has 19 heavy (non-hydrogen) atoms. The molecule has 2 N–H and O–H groups in total. The molecule has 6 heteroatoms. The molecule has 0 spiro atoms. The summed E-state index contributed by atoms with van der Waals surface area (Å²) in [4.78, 5) is 14.1. The number of nitrogens with two attached hydrogens (primary N) is 1. The quantitative estimate of drug-likeness (QED) is 0.888. The molecule has 1 aliphatic heterocycles. The second-order valence-corrected chi connectivity index (χ2v) is 5.30. The smallest absolute Gasteiger partial charge is 0.254 e. The summed E-state index contributed by atoms with van der Waals surface area (Å²) in [5.74, 6) is 0.0485. The average molecular weight is 350 g/mol. The molecule has 1 aromatic rings. The Hall–Kier alpha value is -0.620. The van der Waals surface area contributed by atoms with E-state index >= 15 is 0 Å². The predicted molar refractivity (Wildman–Crippen MR) is 80.8 cm³/mol. The summed E-state index contributed by atoms with van der Waals surface area (Å²) in [6.45, 7) is 4.18. The van der Waals surface area contributed by atoms with Crippen molar-refractivity contribution >= 4 is 34.2 Å². The van der Waals surface area contributed by atoms with Gasteiger partial charge in [0.25, 0.3) is 5.91 Å². The van der Waals surface area contributed by atoms with Crippen molar-refractivity contribution in [3.8, 4) is 0 Å². The summed E-state index contributed by atoms with van der Waals surface area (Å²) in [5, 5.41) is 0. The fraction of sp³-hybridized carbons (Fsp3) is 0.462. The predicted octanol–water partition coefficient (Wildman–Crippen LogP) is 1.98. The molecule has 4 nitrogen and oxygen atoms in total. The summed E-state index contributed by atoms with van der Waals surface area (Å²) >= 11 is 3.43. The third kappa shape index (κ3) is 3.92. The Balaban J connectivity index is 0.00000180. The van der Waals surface area contributed by atoms with Crippen LogP contribution in [-0.2, 0) is 4.74 Å². The molecular weight excluding hydrogens is 332 g/mol. The Labute approximate surface area is 127 Å². The van der Waals surface area contributed by atoms with E-state index in [1.54, 1.807) is 0 Å². The summed E-state index contributed by atoms with van der Waals surface area (Å²) in [6.07, 6.45) is -0.0424. The van der Waals surface area contributed by atoms with Gasteiger partial charge in [-0.2, -0.15) is 0 Å². The maximum absolute atomic E-state index is 12.3. The molecule has 0 bridgehead atoms. The summed E-state index contributed by atoms with van der Waals surface area (Å²) in [5.41, 5.74) is 7.35. The van der Waals surface area contributed by atoms with Crippen molar-refractivity contribution in [1.29, 1.82) is 0 Å². The lowest BCUT2D eigenvalue weighted by atomic mass is 10.1. The monoisotopic (exact) mass is 348 g/mol. The van der Waals surface area contributed by atoms with Crippen molar-refractivity contribution in [2.75, 3.05) is 26.2 Å². The Bertz CT molecular complexity index is 456. The molecule has 0 saturated carbocycles. The van der Waals surface area contributed by atoms with E-state index in [-0.39, 0.29) is 24.4 Å². The van der Waals surface area contributed by atoms with E-state index in [4.69, 9.17) is 10.5 Å². The molecule has 1 saturated heterocycles. The standard InChI is InChI=1S/C13H17BrN2O2.ClH/c1-9-6-10(2-3-12(9)14)13(17)16-4-5-18-11(7-15)8-16;/h2-3,6,11H,4-5,7-8,15H2,1H3;1H. The second kappa shape index (κ2) is 7.24. The second-order valence-electron chi connectivity index (χ2n) is 4.44. The third-order valence-electron chi connectivity index (χ3n) is 3.09. The molecule has 106 valence electrons. The highest BCUT2D eigenvalue weighted by atomic mass is 79.9. The van der Waals surface area contributed by atoms with Crippen LogP contribution in [0.25, 0.3) is 0 Å². The number of carbonyl (C=O) groups is 1. The van der Waals surface area contributed by atoms with E-state index in [2.05, 4.69) is 15.9 Å². The molecule has 1 aliphatic rings. The van der Waals surface area contributed by atoms with Gasteiger partial charge in [-0.05, 0) is 30.7 Å². The van der Waals surface area contributed by atoms with E-state index in [1.807, 2.05) is 30.0 Å². The van der Waals surface area contributed by atoms with Gasteiger partial charge < -0.3 is 15.4 Å². The Morgan fingerprint density at radius 1 is 1.58 bits per heavy atom. The molecular formula is C13H18BrClN2O2. The zero-order valence-electron chi connectivity index (χ0n) is 10.8. The number of morpholine rings is 1. The van der Waals surface area contributed by atoms with E-state index in [0.29, 0.717) is 31.8 Å². The van der Waals surface area contributed by atoms with E-state index < -0.39 is 0 Å². The molecule has 1 amide bonds. The molecule has 1 heterocycles. The number of ether oxygens (including phenoxy) is 1. The first-order chi connectivity index (χ1) is 8.61. The third-order valence-corrected chi connectivity index (χ3v) is 3.98. The lowest BCUT2D eigenvalue weighted by molar-refractivity contribution is -0.0167. The molecule has 2 rings (SSSR count). The number of benzene rings is 1. The summed E-state index contributed by atoms with van der Waals surface area (Å²) in [7, 11) is 0. The lowest BCUT2D eigenvalue weighted by Gasteiger charge is -2.32. The maximum atomic E-state index is 12.3. The number of hydrogen-bond donors (Lipinski definition) is 1.